The average Bonchev–Trinajstić information content (AvgIpc) is 3.25. The summed E-state index contributed by atoms with van der Waals surface area (Å²) in [5.41, 5.74) is 3.78. The van der Waals surface area contributed by atoms with Crippen LogP contribution in [0.3, 0.4) is 0 Å². The predicted molar refractivity (Wildman–Crippen MR) is 109 cm³/mol. The molecular formula is C21H22N4O3. The highest BCUT2D eigenvalue weighted by Crippen LogP contribution is 2.23. The van der Waals surface area contributed by atoms with Crippen molar-refractivity contribution in [3.8, 4) is 0 Å². The highest BCUT2D eigenvalue weighted by Gasteiger charge is 2.17. The summed E-state index contributed by atoms with van der Waals surface area (Å²) in [5.74, 6) is -0.137. The van der Waals surface area contributed by atoms with Gasteiger partial charge in [0.2, 0.25) is 0 Å². The fourth-order valence-electron chi connectivity index (χ4n) is 3.48. The maximum absolute atomic E-state index is 13.0. The third-order valence-corrected chi connectivity index (χ3v) is 4.96. The second-order valence-electron chi connectivity index (χ2n) is 6.83. The van der Waals surface area contributed by atoms with Gasteiger partial charge in [-0.3, -0.25) is 4.79 Å². The number of rotatable bonds is 6. The fourth-order valence-corrected chi connectivity index (χ4v) is 3.48. The van der Waals surface area contributed by atoms with E-state index < -0.39 is 0 Å². The van der Waals surface area contributed by atoms with Gasteiger partial charge in [-0.25, -0.2) is 4.79 Å². The van der Waals surface area contributed by atoms with Crippen molar-refractivity contribution >= 4 is 27.8 Å². The second-order valence-corrected chi connectivity index (χ2v) is 6.83. The molecule has 0 bridgehead atoms. The number of aromatic amines is 2. The van der Waals surface area contributed by atoms with E-state index in [-0.39, 0.29) is 17.6 Å². The Balaban J connectivity index is 1.61. The minimum Gasteiger partial charge on any atom is -0.383 e. The average molecular weight is 378 g/mol. The zero-order chi connectivity index (χ0) is 19.7. The number of carbonyl (C=O) groups excluding carboxylic acids is 1. The number of aromatic nitrogens is 3. The lowest BCUT2D eigenvalue weighted by Crippen LogP contribution is -2.26. The van der Waals surface area contributed by atoms with Gasteiger partial charge in [-0.1, -0.05) is 24.3 Å². The van der Waals surface area contributed by atoms with Crippen LogP contribution in [-0.4, -0.2) is 34.2 Å². The topological polar surface area (TPSA) is 91.9 Å². The number of nitrogens with one attached hydrogen (secondary N) is 3. The van der Waals surface area contributed by atoms with Crippen LogP contribution >= 0.6 is 0 Å². The number of para-hydroxylation sites is 1. The number of benzene rings is 2. The van der Waals surface area contributed by atoms with E-state index in [1.165, 1.54) is 0 Å². The number of carbonyl (C=O) groups is 1. The van der Waals surface area contributed by atoms with Crippen LogP contribution in [0.1, 0.15) is 28.9 Å². The molecule has 0 radical (unpaired) electrons. The van der Waals surface area contributed by atoms with Gasteiger partial charge in [0.15, 0.2) is 0 Å². The molecule has 1 amide bonds. The lowest BCUT2D eigenvalue weighted by Gasteiger charge is -2.14. The number of H-pyrrole nitrogens is 2. The summed E-state index contributed by atoms with van der Waals surface area (Å²) in [6, 6.07) is 13.2. The van der Waals surface area contributed by atoms with Crippen LogP contribution in [-0.2, 0) is 11.3 Å². The Morgan fingerprint density at radius 1 is 1.18 bits per heavy atom. The molecule has 7 nitrogen and oxygen atoms in total. The molecule has 0 unspecified atom stereocenters. The maximum atomic E-state index is 13.0. The smallest absolute Gasteiger partial charge is 0.323 e. The lowest BCUT2D eigenvalue weighted by molar-refractivity contribution is 0.0941. The molecular weight excluding hydrogens is 356 g/mol. The maximum Gasteiger partial charge on any atom is 0.323 e. The summed E-state index contributed by atoms with van der Waals surface area (Å²) in [6.45, 7) is 3.18. The number of amides is 1. The van der Waals surface area contributed by atoms with Gasteiger partial charge in [0.05, 0.1) is 29.2 Å². The summed E-state index contributed by atoms with van der Waals surface area (Å²) in [4.78, 5) is 29.9. The second kappa shape index (κ2) is 7.36. The third kappa shape index (κ3) is 3.32. The Morgan fingerprint density at radius 3 is 2.79 bits per heavy atom. The van der Waals surface area contributed by atoms with Crippen LogP contribution in [0.5, 0.6) is 0 Å². The fraction of sp³-hybridized carbons (Fsp3) is 0.238. The zero-order valence-electron chi connectivity index (χ0n) is 15.8. The van der Waals surface area contributed by atoms with E-state index in [2.05, 4.69) is 15.3 Å². The highest BCUT2D eigenvalue weighted by atomic mass is 16.5. The standard InChI is InChI=1S/C21H22N4O3/c1-13(14-7-8-17-18(11-14)24-21(27)23-17)22-20(26)16-12-25(9-10-28-2)19-6-4-3-5-15(16)19/h3-8,11-13H,9-10H2,1-2H3,(H,22,26)(H2,23,24,27)/t13-/m0/s1. The van der Waals surface area contributed by atoms with E-state index in [4.69, 9.17) is 4.74 Å². The van der Waals surface area contributed by atoms with E-state index in [9.17, 15) is 9.59 Å². The van der Waals surface area contributed by atoms with Gasteiger partial charge in [0.1, 0.15) is 0 Å². The molecule has 7 heteroatoms. The van der Waals surface area contributed by atoms with Crippen molar-refractivity contribution in [1.82, 2.24) is 19.9 Å². The summed E-state index contributed by atoms with van der Waals surface area (Å²) in [7, 11) is 1.66. The first kappa shape index (κ1) is 18.1. The number of nitrogens with zero attached hydrogens (tertiary/aromatic N) is 1. The number of fused-ring (bicyclic) bond motifs is 2. The largest absolute Gasteiger partial charge is 0.383 e. The van der Waals surface area contributed by atoms with Crippen molar-refractivity contribution in [2.24, 2.45) is 0 Å². The number of hydrogen-bond acceptors (Lipinski definition) is 3. The van der Waals surface area contributed by atoms with E-state index in [0.717, 1.165) is 27.5 Å². The first-order chi connectivity index (χ1) is 13.6. The Morgan fingerprint density at radius 2 is 1.96 bits per heavy atom. The minimum atomic E-state index is -0.243. The van der Waals surface area contributed by atoms with Crippen molar-refractivity contribution in [2.45, 2.75) is 19.5 Å². The van der Waals surface area contributed by atoms with E-state index in [1.807, 2.05) is 60.2 Å². The van der Waals surface area contributed by atoms with Crippen molar-refractivity contribution in [3.63, 3.8) is 0 Å². The van der Waals surface area contributed by atoms with Crippen LogP contribution in [0.2, 0.25) is 0 Å². The molecule has 2 aromatic heterocycles. The van der Waals surface area contributed by atoms with Crippen molar-refractivity contribution in [2.75, 3.05) is 13.7 Å². The number of hydrogen-bond donors (Lipinski definition) is 3. The van der Waals surface area contributed by atoms with Crippen LogP contribution in [0, 0.1) is 0 Å². The molecule has 2 heterocycles. The summed E-state index contributed by atoms with van der Waals surface area (Å²) in [5, 5.41) is 3.97. The van der Waals surface area contributed by atoms with Gasteiger partial charge in [-0.15, -0.1) is 0 Å². The Bertz CT molecular complexity index is 1200. The highest BCUT2D eigenvalue weighted by molar-refractivity contribution is 6.07. The van der Waals surface area contributed by atoms with Crippen LogP contribution < -0.4 is 11.0 Å². The molecule has 4 rings (SSSR count). The van der Waals surface area contributed by atoms with Gasteiger partial charge < -0.3 is 24.6 Å². The molecule has 0 spiro atoms. The minimum absolute atomic E-state index is 0.137. The van der Waals surface area contributed by atoms with Gasteiger partial charge in [-0.2, -0.15) is 0 Å². The van der Waals surface area contributed by atoms with E-state index in [1.54, 1.807) is 7.11 Å². The molecule has 0 aliphatic rings. The first-order valence-electron chi connectivity index (χ1n) is 9.16. The molecule has 0 aliphatic heterocycles. The monoisotopic (exact) mass is 378 g/mol. The predicted octanol–water partition coefficient (Wildman–Crippen LogP) is 2.95. The van der Waals surface area contributed by atoms with Crippen molar-refractivity contribution < 1.29 is 9.53 Å². The Hall–Kier alpha value is -3.32. The van der Waals surface area contributed by atoms with E-state index >= 15 is 0 Å². The molecule has 3 N–H and O–H groups in total. The molecule has 0 saturated carbocycles. The van der Waals surface area contributed by atoms with Gasteiger partial charge in [0.25, 0.3) is 5.91 Å². The molecule has 144 valence electrons. The quantitative estimate of drug-likeness (QED) is 0.482. The van der Waals surface area contributed by atoms with Gasteiger partial charge in [0, 0.05) is 30.8 Å². The molecule has 2 aromatic carbocycles. The number of ether oxygens (including phenoxy) is 1. The first-order valence-corrected chi connectivity index (χ1v) is 9.16. The molecule has 4 aromatic rings. The Labute approximate surface area is 161 Å². The van der Waals surface area contributed by atoms with Crippen LogP contribution in [0.25, 0.3) is 21.9 Å². The van der Waals surface area contributed by atoms with Crippen LogP contribution in [0.15, 0.2) is 53.5 Å². The molecule has 28 heavy (non-hydrogen) atoms. The zero-order valence-corrected chi connectivity index (χ0v) is 15.8. The summed E-state index contributed by atoms with van der Waals surface area (Å²) >= 11 is 0. The third-order valence-electron chi connectivity index (χ3n) is 4.96. The molecule has 0 saturated heterocycles. The Kier molecular flexibility index (Phi) is 4.75. The normalized spacial score (nSPS) is 12.5. The number of imidazole rings is 1. The molecule has 1 atom stereocenters. The summed E-state index contributed by atoms with van der Waals surface area (Å²) in [6.07, 6.45) is 1.87. The molecule has 0 aliphatic carbocycles. The van der Waals surface area contributed by atoms with Gasteiger partial charge in [-0.05, 0) is 30.7 Å². The lowest BCUT2D eigenvalue weighted by atomic mass is 10.1. The van der Waals surface area contributed by atoms with Crippen LogP contribution in [0.4, 0.5) is 0 Å². The number of methoxy groups -OCH3 is 1. The van der Waals surface area contributed by atoms with Crippen molar-refractivity contribution in [3.05, 3.63) is 70.3 Å². The molecule has 0 fully saturated rings. The van der Waals surface area contributed by atoms with E-state index in [0.29, 0.717) is 18.7 Å². The van der Waals surface area contributed by atoms with Crippen molar-refractivity contribution in [1.29, 1.82) is 0 Å². The SMILES string of the molecule is COCCn1cc(C(=O)N[C@@H](C)c2ccc3[nH]c(=O)[nH]c3c2)c2ccccc21. The summed E-state index contributed by atoms with van der Waals surface area (Å²) < 4.78 is 7.21. The van der Waals surface area contributed by atoms with Gasteiger partial charge >= 0.3 is 5.69 Å².